The summed E-state index contributed by atoms with van der Waals surface area (Å²) >= 11 is 18.7. The first kappa shape index (κ1) is 29.4. The van der Waals surface area contributed by atoms with E-state index in [0.717, 1.165) is 59.5 Å². The van der Waals surface area contributed by atoms with Crippen LogP contribution >= 0.6 is 34.8 Å². The Morgan fingerprint density at radius 3 is 1.53 bits per heavy atom. The zero-order chi connectivity index (χ0) is 29.6. The molecular formula is C36H31Cl3N4. The summed E-state index contributed by atoms with van der Waals surface area (Å²) in [7, 11) is 0. The van der Waals surface area contributed by atoms with Crippen LogP contribution in [0.1, 0.15) is 59.0 Å². The maximum absolute atomic E-state index is 6.37. The average molecular weight is 626 g/mol. The highest BCUT2D eigenvalue weighted by molar-refractivity contribution is 6.31. The van der Waals surface area contributed by atoms with Crippen LogP contribution in [0.15, 0.2) is 103 Å². The van der Waals surface area contributed by atoms with Gasteiger partial charge in [-0.25, -0.2) is 15.0 Å². The SMILES string of the molecule is Clc1ccc(Cc2nc(Cc3ccc(Cl)cc3)nc(/C(=C(\c3ccccc3)N3CCCCC3)c3ccc(Cl)cc3)n2)cc1. The molecule has 2 heterocycles. The first-order valence-corrected chi connectivity index (χ1v) is 15.7. The lowest BCUT2D eigenvalue weighted by Gasteiger charge is -2.33. The van der Waals surface area contributed by atoms with Gasteiger partial charge in [0.25, 0.3) is 0 Å². The molecule has 43 heavy (non-hydrogen) atoms. The van der Waals surface area contributed by atoms with Crippen molar-refractivity contribution in [3.05, 3.63) is 158 Å². The predicted molar refractivity (Wildman–Crippen MR) is 178 cm³/mol. The number of halogens is 3. The maximum Gasteiger partial charge on any atom is 0.166 e. The van der Waals surface area contributed by atoms with Gasteiger partial charge < -0.3 is 4.90 Å². The van der Waals surface area contributed by atoms with Crippen LogP contribution in [0.5, 0.6) is 0 Å². The van der Waals surface area contributed by atoms with E-state index in [1.54, 1.807) is 0 Å². The van der Waals surface area contributed by atoms with Gasteiger partial charge >= 0.3 is 0 Å². The van der Waals surface area contributed by atoms with E-state index in [2.05, 4.69) is 47.4 Å². The van der Waals surface area contributed by atoms with Crippen molar-refractivity contribution in [2.45, 2.75) is 32.1 Å². The molecule has 0 N–H and O–H groups in total. The van der Waals surface area contributed by atoms with Crippen LogP contribution < -0.4 is 0 Å². The summed E-state index contributed by atoms with van der Waals surface area (Å²) in [5.41, 5.74) is 6.40. The molecule has 0 bridgehead atoms. The van der Waals surface area contributed by atoms with Gasteiger partial charge in [0.2, 0.25) is 0 Å². The molecule has 0 atom stereocenters. The van der Waals surface area contributed by atoms with Crippen LogP contribution in [0.4, 0.5) is 0 Å². The highest BCUT2D eigenvalue weighted by Gasteiger charge is 2.24. The van der Waals surface area contributed by atoms with E-state index in [1.165, 1.54) is 6.42 Å². The molecule has 0 aliphatic carbocycles. The minimum Gasteiger partial charge on any atom is -0.370 e. The largest absolute Gasteiger partial charge is 0.370 e. The minimum atomic E-state index is 0.554. The molecule has 1 fully saturated rings. The quantitative estimate of drug-likeness (QED) is 0.161. The molecule has 0 unspecified atom stereocenters. The second-order valence-electron chi connectivity index (χ2n) is 10.7. The summed E-state index contributed by atoms with van der Waals surface area (Å²) in [5, 5.41) is 2.08. The Balaban J connectivity index is 1.57. The van der Waals surface area contributed by atoms with Crippen molar-refractivity contribution < 1.29 is 0 Å². The van der Waals surface area contributed by atoms with E-state index in [-0.39, 0.29) is 0 Å². The number of nitrogens with zero attached hydrogens (tertiary/aromatic N) is 4. The Bertz CT molecular complexity index is 1630. The van der Waals surface area contributed by atoms with Crippen molar-refractivity contribution in [1.82, 2.24) is 19.9 Å². The van der Waals surface area contributed by atoms with Gasteiger partial charge in [-0.15, -0.1) is 0 Å². The molecule has 7 heteroatoms. The summed E-state index contributed by atoms with van der Waals surface area (Å²) < 4.78 is 0. The molecule has 1 saturated heterocycles. The Morgan fingerprint density at radius 2 is 1.02 bits per heavy atom. The molecule has 0 saturated carbocycles. The lowest BCUT2D eigenvalue weighted by atomic mass is 9.96. The molecule has 5 aromatic rings. The highest BCUT2D eigenvalue weighted by atomic mass is 35.5. The Hall–Kier alpha value is -3.70. The van der Waals surface area contributed by atoms with Crippen LogP contribution in [0.25, 0.3) is 11.3 Å². The summed E-state index contributed by atoms with van der Waals surface area (Å²) in [4.78, 5) is 17.8. The lowest BCUT2D eigenvalue weighted by Crippen LogP contribution is -2.29. The highest BCUT2D eigenvalue weighted by Crippen LogP contribution is 2.35. The summed E-state index contributed by atoms with van der Waals surface area (Å²) in [5.74, 6) is 2.05. The summed E-state index contributed by atoms with van der Waals surface area (Å²) in [6.07, 6.45) is 4.63. The number of aromatic nitrogens is 3. The smallest absolute Gasteiger partial charge is 0.166 e. The van der Waals surface area contributed by atoms with Crippen molar-refractivity contribution in [1.29, 1.82) is 0 Å². The van der Waals surface area contributed by atoms with Gasteiger partial charge in [0, 0.05) is 41.0 Å². The molecule has 216 valence electrons. The molecule has 1 aliphatic rings. The van der Waals surface area contributed by atoms with E-state index >= 15 is 0 Å². The van der Waals surface area contributed by atoms with E-state index in [9.17, 15) is 0 Å². The number of piperidine rings is 1. The Labute approximate surface area is 268 Å². The van der Waals surface area contributed by atoms with Gasteiger partial charge in [0.05, 0.1) is 11.3 Å². The predicted octanol–water partition coefficient (Wildman–Crippen LogP) is 9.42. The normalized spacial score (nSPS) is 14.0. The van der Waals surface area contributed by atoms with Crippen LogP contribution in [0, 0.1) is 0 Å². The second-order valence-corrected chi connectivity index (χ2v) is 12.1. The topological polar surface area (TPSA) is 41.9 Å². The Morgan fingerprint density at radius 1 is 0.535 bits per heavy atom. The summed E-state index contributed by atoms with van der Waals surface area (Å²) in [6.45, 7) is 1.95. The lowest BCUT2D eigenvalue weighted by molar-refractivity contribution is 0.326. The van der Waals surface area contributed by atoms with E-state index < -0.39 is 0 Å². The number of hydrogen-bond donors (Lipinski definition) is 0. The van der Waals surface area contributed by atoms with Crippen LogP contribution in [-0.2, 0) is 12.8 Å². The van der Waals surface area contributed by atoms with Crippen LogP contribution in [0.2, 0.25) is 15.1 Å². The minimum absolute atomic E-state index is 0.554. The zero-order valence-corrected chi connectivity index (χ0v) is 26.0. The van der Waals surface area contributed by atoms with E-state index in [0.29, 0.717) is 45.4 Å². The zero-order valence-electron chi connectivity index (χ0n) is 23.7. The average Bonchev–Trinajstić information content (AvgIpc) is 3.03. The monoisotopic (exact) mass is 624 g/mol. The molecule has 4 nitrogen and oxygen atoms in total. The van der Waals surface area contributed by atoms with E-state index in [1.807, 2.05) is 60.7 Å². The van der Waals surface area contributed by atoms with Gasteiger partial charge in [-0.2, -0.15) is 0 Å². The third-order valence-corrected chi connectivity index (χ3v) is 8.35. The molecule has 1 aliphatic heterocycles. The number of rotatable bonds is 8. The maximum atomic E-state index is 6.37. The number of benzene rings is 4. The molecule has 0 amide bonds. The van der Waals surface area contributed by atoms with Crippen molar-refractivity contribution in [3.8, 4) is 0 Å². The van der Waals surface area contributed by atoms with Crippen molar-refractivity contribution >= 4 is 46.1 Å². The molecule has 6 rings (SSSR count). The van der Waals surface area contributed by atoms with Crippen LogP contribution in [0.3, 0.4) is 0 Å². The third kappa shape index (κ3) is 7.45. The molecular weight excluding hydrogens is 595 g/mol. The fraction of sp³-hybridized carbons (Fsp3) is 0.194. The van der Waals surface area contributed by atoms with Crippen molar-refractivity contribution in [2.75, 3.05) is 13.1 Å². The summed E-state index contributed by atoms with van der Waals surface area (Å²) in [6, 6.07) is 34.2. The van der Waals surface area contributed by atoms with Gasteiger partial charge in [0.15, 0.2) is 5.82 Å². The van der Waals surface area contributed by atoms with Gasteiger partial charge in [-0.1, -0.05) is 102 Å². The number of likely N-dealkylation sites (tertiary alicyclic amines) is 1. The number of hydrogen-bond acceptors (Lipinski definition) is 4. The van der Waals surface area contributed by atoms with E-state index in [4.69, 9.17) is 49.8 Å². The van der Waals surface area contributed by atoms with Crippen molar-refractivity contribution in [3.63, 3.8) is 0 Å². The Kier molecular flexibility index (Phi) is 9.38. The molecule has 1 aromatic heterocycles. The fourth-order valence-electron chi connectivity index (χ4n) is 5.49. The first-order chi connectivity index (χ1) is 21.0. The molecule has 4 aromatic carbocycles. The first-order valence-electron chi connectivity index (χ1n) is 14.6. The van der Waals surface area contributed by atoms with Gasteiger partial charge in [-0.05, 0) is 77.9 Å². The second kappa shape index (κ2) is 13.7. The fourth-order valence-corrected chi connectivity index (χ4v) is 5.87. The van der Waals surface area contributed by atoms with Gasteiger partial charge in [-0.3, -0.25) is 0 Å². The van der Waals surface area contributed by atoms with Gasteiger partial charge in [0.1, 0.15) is 11.6 Å². The van der Waals surface area contributed by atoms with Crippen molar-refractivity contribution in [2.24, 2.45) is 0 Å². The third-order valence-electron chi connectivity index (χ3n) is 7.59. The molecule has 0 radical (unpaired) electrons. The standard InChI is InChI=1S/C36H31Cl3N4/c37-29-15-9-25(10-16-29)23-32-40-33(24-26-11-17-30(38)18-12-26)42-36(41-32)34(27-13-19-31(39)20-14-27)35(28-7-3-1-4-8-28)43-21-5-2-6-22-43/h1,3-4,7-20H,2,5-6,21-24H2/b35-34+. The van der Waals surface area contributed by atoms with Crippen LogP contribution in [-0.4, -0.2) is 32.9 Å². The molecule has 0 spiro atoms.